The van der Waals surface area contributed by atoms with Gasteiger partial charge < -0.3 is 10.1 Å². The van der Waals surface area contributed by atoms with Crippen LogP contribution >= 0.6 is 11.6 Å². The summed E-state index contributed by atoms with van der Waals surface area (Å²) in [4.78, 5) is 24.4. The van der Waals surface area contributed by atoms with Crippen molar-refractivity contribution in [1.82, 2.24) is 0 Å². The number of amides is 1. The summed E-state index contributed by atoms with van der Waals surface area (Å²) in [5.74, 6) is -1.20. The Morgan fingerprint density at radius 3 is 2.44 bits per heavy atom. The van der Waals surface area contributed by atoms with Gasteiger partial charge in [0.2, 0.25) is 0 Å². The Bertz CT molecular complexity index is 736. The molecule has 0 fully saturated rings. The highest BCUT2D eigenvalue weighted by atomic mass is 35.5. The molecule has 0 aliphatic rings. The van der Waals surface area contributed by atoms with Crippen molar-refractivity contribution in [1.29, 1.82) is 0 Å². The molecule has 0 saturated carbocycles. The van der Waals surface area contributed by atoms with Crippen molar-refractivity contribution in [2.24, 2.45) is 0 Å². The molecule has 2 aromatic carbocycles. The SMILES string of the molecule is CC[C@@H](C(=O)OCC(=O)Nc1c(C)cc(C)cc1Cl)c1ccccc1. The van der Waals surface area contributed by atoms with E-state index >= 15 is 0 Å². The Morgan fingerprint density at radius 2 is 1.84 bits per heavy atom. The molecule has 25 heavy (non-hydrogen) atoms. The summed E-state index contributed by atoms with van der Waals surface area (Å²) < 4.78 is 5.19. The maximum atomic E-state index is 12.3. The monoisotopic (exact) mass is 359 g/mol. The molecule has 1 atom stereocenters. The van der Waals surface area contributed by atoms with Gasteiger partial charge in [0.25, 0.3) is 5.91 Å². The largest absolute Gasteiger partial charge is 0.455 e. The van der Waals surface area contributed by atoms with Gasteiger partial charge in [0.1, 0.15) is 0 Å². The second kappa shape index (κ2) is 8.67. The Labute approximate surface area is 153 Å². The third kappa shape index (κ3) is 5.07. The molecule has 0 spiro atoms. The Morgan fingerprint density at radius 1 is 1.16 bits per heavy atom. The summed E-state index contributed by atoms with van der Waals surface area (Å²) in [5.41, 5.74) is 3.30. The van der Waals surface area contributed by atoms with E-state index in [1.165, 1.54) is 0 Å². The standard InChI is InChI=1S/C20H22ClNO3/c1-4-16(15-8-6-5-7-9-15)20(24)25-12-18(23)22-19-14(3)10-13(2)11-17(19)21/h5-11,16H,4,12H2,1-3H3,(H,22,23)/t16-/m1/s1. The van der Waals surface area contributed by atoms with Crippen LogP contribution in [0.25, 0.3) is 0 Å². The first kappa shape index (κ1) is 19.0. The van der Waals surface area contributed by atoms with E-state index in [1.807, 2.05) is 57.2 Å². The fourth-order valence-corrected chi connectivity index (χ4v) is 3.08. The third-order valence-corrected chi connectivity index (χ3v) is 4.23. The van der Waals surface area contributed by atoms with Gasteiger partial charge in [-0.3, -0.25) is 9.59 Å². The van der Waals surface area contributed by atoms with Gasteiger partial charge in [0.05, 0.1) is 16.6 Å². The van der Waals surface area contributed by atoms with Crippen LogP contribution in [0.5, 0.6) is 0 Å². The van der Waals surface area contributed by atoms with E-state index in [0.717, 1.165) is 16.7 Å². The topological polar surface area (TPSA) is 55.4 Å². The van der Waals surface area contributed by atoms with Crippen LogP contribution in [0.3, 0.4) is 0 Å². The smallest absolute Gasteiger partial charge is 0.313 e. The fraction of sp³-hybridized carbons (Fsp3) is 0.300. The second-order valence-electron chi connectivity index (χ2n) is 5.97. The van der Waals surface area contributed by atoms with Gasteiger partial charge in [-0.25, -0.2) is 0 Å². The number of nitrogens with one attached hydrogen (secondary N) is 1. The number of hydrogen-bond donors (Lipinski definition) is 1. The summed E-state index contributed by atoms with van der Waals surface area (Å²) in [6, 6.07) is 13.1. The van der Waals surface area contributed by atoms with Gasteiger partial charge in [0.15, 0.2) is 6.61 Å². The van der Waals surface area contributed by atoms with Crippen LogP contribution in [0.2, 0.25) is 5.02 Å². The molecule has 0 aliphatic carbocycles. The van der Waals surface area contributed by atoms with Crippen LogP contribution in [0.1, 0.15) is 36.0 Å². The van der Waals surface area contributed by atoms with Crippen molar-refractivity contribution in [3.63, 3.8) is 0 Å². The number of carbonyl (C=O) groups excluding carboxylic acids is 2. The van der Waals surface area contributed by atoms with Gasteiger partial charge >= 0.3 is 5.97 Å². The average Bonchev–Trinajstić information content (AvgIpc) is 2.58. The van der Waals surface area contributed by atoms with E-state index in [0.29, 0.717) is 17.1 Å². The lowest BCUT2D eigenvalue weighted by Gasteiger charge is -2.15. The number of hydrogen-bond acceptors (Lipinski definition) is 3. The molecule has 132 valence electrons. The molecular weight excluding hydrogens is 338 g/mol. The number of rotatable bonds is 6. The molecule has 1 amide bonds. The van der Waals surface area contributed by atoms with Crippen molar-refractivity contribution < 1.29 is 14.3 Å². The van der Waals surface area contributed by atoms with E-state index in [-0.39, 0.29) is 12.5 Å². The lowest BCUT2D eigenvalue weighted by molar-refractivity contribution is -0.149. The van der Waals surface area contributed by atoms with Gasteiger partial charge in [-0.1, -0.05) is 54.9 Å². The van der Waals surface area contributed by atoms with Gasteiger partial charge in [-0.15, -0.1) is 0 Å². The minimum Gasteiger partial charge on any atom is -0.455 e. The summed E-state index contributed by atoms with van der Waals surface area (Å²) in [6.45, 7) is 5.37. The summed E-state index contributed by atoms with van der Waals surface area (Å²) in [7, 11) is 0. The van der Waals surface area contributed by atoms with Crippen molar-refractivity contribution >= 4 is 29.2 Å². The van der Waals surface area contributed by atoms with Crippen LogP contribution in [-0.2, 0) is 14.3 Å². The molecule has 0 bridgehead atoms. The molecule has 0 saturated heterocycles. The number of anilines is 1. The minimum absolute atomic E-state index is 0.341. The maximum Gasteiger partial charge on any atom is 0.313 e. The number of carbonyl (C=O) groups is 2. The summed E-state index contributed by atoms with van der Waals surface area (Å²) >= 11 is 6.17. The van der Waals surface area contributed by atoms with Crippen molar-refractivity contribution in [3.05, 3.63) is 64.2 Å². The van der Waals surface area contributed by atoms with Crippen LogP contribution in [0, 0.1) is 13.8 Å². The molecule has 0 aromatic heterocycles. The van der Waals surface area contributed by atoms with Gasteiger partial charge in [-0.2, -0.15) is 0 Å². The Kier molecular flexibility index (Phi) is 6.59. The van der Waals surface area contributed by atoms with E-state index in [4.69, 9.17) is 16.3 Å². The predicted octanol–water partition coefficient (Wildman–Crippen LogP) is 4.63. The van der Waals surface area contributed by atoms with E-state index in [9.17, 15) is 9.59 Å². The van der Waals surface area contributed by atoms with Crippen LogP contribution < -0.4 is 5.32 Å². The van der Waals surface area contributed by atoms with E-state index < -0.39 is 11.9 Å². The molecule has 0 aliphatic heterocycles. The van der Waals surface area contributed by atoms with E-state index in [1.54, 1.807) is 6.07 Å². The van der Waals surface area contributed by atoms with Crippen LogP contribution in [0.15, 0.2) is 42.5 Å². The van der Waals surface area contributed by atoms with Crippen molar-refractivity contribution in [3.8, 4) is 0 Å². The molecule has 0 unspecified atom stereocenters. The Balaban J connectivity index is 1.97. The average molecular weight is 360 g/mol. The summed E-state index contributed by atoms with van der Waals surface area (Å²) in [5, 5.41) is 3.18. The molecule has 2 aromatic rings. The second-order valence-corrected chi connectivity index (χ2v) is 6.37. The number of halogens is 1. The van der Waals surface area contributed by atoms with Crippen molar-refractivity contribution in [2.75, 3.05) is 11.9 Å². The first-order valence-electron chi connectivity index (χ1n) is 8.20. The maximum absolute atomic E-state index is 12.3. The summed E-state index contributed by atoms with van der Waals surface area (Å²) in [6.07, 6.45) is 0.605. The third-order valence-electron chi connectivity index (χ3n) is 3.94. The zero-order valence-corrected chi connectivity index (χ0v) is 15.4. The normalized spacial score (nSPS) is 11.7. The zero-order valence-electron chi connectivity index (χ0n) is 14.6. The lowest BCUT2D eigenvalue weighted by atomic mass is 9.97. The number of aryl methyl sites for hydroxylation is 2. The molecule has 1 N–H and O–H groups in total. The molecule has 0 radical (unpaired) electrons. The fourth-order valence-electron chi connectivity index (χ4n) is 2.71. The van der Waals surface area contributed by atoms with Gasteiger partial charge in [-0.05, 0) is 43.0 Å². The highest BCUT2D eigenvalue weighted by Crippen LogP contribution is 2.27. The molecule has 0 heterocycles. The minimum atomic E-state index is -0.412. The predicted molar refractivity (Wildman–Crippen MR) is 100.0 cm³/mol. The highest BCUT2D eigenvalue weighted by Gasteiger charge is 2.21. The number of ether oxygens (including phenoxy) is 1. The quantitative estimate of drug-likeness (QED) is 0.765. The molecule has 5 heteroatoms. The van der Waals surface area contributed by atoms with Crippen LogP contribution in [-0.4, -0.2) is 18.5 Å². The van der Waals surface area contributed by atoms with Gasteiger partial charge in [0, 0.05) is 0 Å². The Hall–Kier alpha value is -2.33. The number of esters is 1. The highest BCUT2D eigenvalue weighted by molar-refractivity contribution is 6.34. The van der Waals surface area contributed by atoms with Crippen molar-refractivity contribution in [2.45, 2.75) is 33.1 Å². The zero-order chi connectivity index (χ0) is 18.4. The lowest BCUT2D eigenvalue weighted by Crippen LogP contribution is -2.24. The molecule has 4 nitrogen and oxygen atoms in total. The van der Waals surface area contributed by atoms with E-state index in [2.05, 4.69) is 5.32 Å². The first-order chi connectivity index (χ1) is 11.9. The van der Waals surface area contributed by atoms with Crippen LogP contribution in [0.4, 0.5) is 5.69 Å². The molecule has 2 rings (SSSR count). The molecular formula is C20H22ClNO3. The first-order valence-corrected chi connectivity index (χ1v) is 8.58. The number of benzene rings is 2.